The van der Waals surface area contributed by atoms with Crippen LogP contribution in [0.2, 0.25) is 0 Å². The summed E-state index contributed by atoms with van der Waals surface area (Å²) < 4.78 is 26.9. The van der Waals surface area contributed by atoms with Crippen molar-refractivity contribution in [3.05, 3.63) is 78.1 Å². The Hall–Kier alpha value is -3.26. The first kappa shape index (κ1) is 17.6. The lowest BCUT2D eigenvalue weighted by atomic mass is 10.2. The summed E-state index contributed by atoms with van der Waals surface area (Å²) in [6, 6.07) is 15.3. The number of sulfonamides is 1. The smallest absolute Gasteiger partial charge is 0.264 e. The minimum absolute atomic E-state index is 0.109. The summed E-state index contributed by atoms with van der Waals surface area (Å²) in [6.45, 7) is 1.87. The van der Waals surface area contributed by atoms with Crippen LogP contribution >= 0.6 is 0 Å². The number of aryl methyl sites for hydroxylation is 1. The van der Waals surface area contributed by atoms with E-state index >= 15 is 0 Å². The molecule has 0 aliphatic heterocycles. The lowest BCUT2D eigenvalue weighted by Crippen LogP contribution is -2.16. The third-order valence-corrected chi connectivity index (χ3v) is 4.85. The topological polar surface area (TPSA) is 101 Å². The fourth-order valence-corrected chi connectivity index (χ4v) is 3.08. The first-order valence-corrected chi connectivity index (χ1v) is 9.20. The van der Waals surface area contributed by atoms with Crippen molar-refractivity contribution in [1.82, 2.24) is 9.97 Å². The average Bonchev–Trinajstić information content (AvgIpc) is 2.63. The average molecular weight is 368 g/mol. The molecule has 3 aromatic rings. The van der Waals surface area contributed by atoms with Gasteiger partial charge >= 0.3 is 0 Å². The van der Waals surface area contributed by atoms with Gasteiger partial charge in [0.25, 0.3) is 15.9 Å². The van der Waals surface area contributed by atoms with E-state index in [4.69, 9.17) is 0 Å². The highest BCUT2D eigenvalue weighted by Gasteiger charge is 2.16. The summed E-state index contributed by atoms with van der Waals surface area (Å²) in [4.78, 5) is 20.1. The van der Waals surface area contributed by atoms with Crippen molar-refractivity contribution in [2.75, 3.05) is 10.0 Å². The van der Waals surface area contributed by atoms with Crippen LogP contribution in [0.1, 0.15) is 15.9 Å². The maximum Gasteiger partial charge on any atom is 0.264 e. The van der Waals surface area contributed by atoms with Gasteiger partial charge in [-0.05, 0) is 31.2 Å². The Kier molecular flexibility index (Phi) is 4.94. The molecule has 0 fully saturated rings. The van der Waals surface area contributed by atoms with Crippen LogP contribution < -0.4 is 10.0 Å². The van der Waals surface area contributed by atoms with E-state index < -0.39 is 10.0 Å². The Balaban J connectivity index is 1.71. The van der Waals surface area contributed by atoms with Gasteiger partial charge in [-0.25, -0.2) is 23.1 Å². The first-order valence-electron chi connectivity index (χ1n) is 7.72. The fraction of sp³-hybridized carbons (Fsp3) is 0.0556. The number of carbonyl (C=O) groups is 1. The molecule has 1 aromatic heterocycles. The molecule has 2 N–H and O–H groups in total. The summed E-state index contributed by atoms with van der Waals surface area (Å²) in [5, 5.41) is 2.70. The number of hydrogen-bond acceptors (Lipinski definition) is 5. The third kappa shape index (κ3) is 4.22. The van der Waals surface area contributed by atoms with Crippen LogP contribution in [-0.2, 0) is 10.0 Å². The summed E-state index contributed by atoms with van der Waals surface area (Å²) in [7, 11) is -3.79. The lowest BCUT2D eigenvalue weighted by Gasteiger charge is -2.08. The maximum absolute atomic E-state index is 12.3. The predicted octanol–water partition coefficient (Wildman–Crippen LogP) is 2.84. The molecule has 1 amide bonds. The molecule has 0 spiro atoms. The molecule has 0 saturated carbocycles. The van der Waals surface area contributed by atoms with E-state index in [1.54, 1.807) is 36.4 Å². The molecule has 0 atom stereocenters. The van der Waals surface area contributed by atoms with Crippen molar-refractivity contribution in [3.8, 4) is 0 Å². The third-order valence-electron chi connectivity index (χ3n) is 3.50. The molecule has 0 saturated heterocycles. The summed E-state index contributed by atoms with van der Waals surface area (Å²) in [5.41, 5.74) is 1.81. The molecule has 7 nitrogen and oxygen atoms in total. The SMILES string of the molecule is Cc1ccc(S(=O)(=O)Nc2ncc(C(=O)Nc3ccccc3)cn2)cc1. The van der Waals surface area contributed by atoms with E-state index in [2.05, 4.69) is 20.0 Å². The number of hydrogen-bond donors (Lipinski definition) is 2. The molecule has 3 rings (SSSR count). The second-order valence-corrected chi connectivity index (χ2v) is 7.22. The van der Waals surface area contributed by atoms with Gasteiger partial charge in [0, 0.05) is 18.1 Å². The quantitative estimate of drug-likeness (QED) is 0.721. The van der Waals surface area contributed by atoms with E-state index in [0.717, 1.165) is 5.56 Å². The van der Waals surface area contributed by atoms with Crippen molar-refractivity contribution in [2.45, 2.75) is 11.8 Å². The number of aromatic nitrogens is 2. The van der Waals surface area contributed by atoms with Gasteiger partial charge in [0.1, 0.15) is 0 Å². The number of para-hydroxylation sites is 1. The largest absolute Gasteiger partial charge is 0.322 e. The molecule has 26 heavy (non-hydrogen) atoms. The van der Waals surface area contributed by atoms with Gasteiger partial charge in [0.15, 0.2) is 0 Å². The van der Waals surface area contributed by atoms with Gasteiger partial charge in [0.05, 0.1) is 10.5 Å². The Bertz CT molecular complexity index is 1000. The Morgan fingerprint density at radius 3 is 2.15 bits per heavy atom. The van der Waals surface area contributed by atoms with Gasteiger partial charge in [-0.2, -0.15) is 0 Å². The molecular weight excluding hydrogens is 352 g/mol. The van der Waals surface area contributed by atoms with E-state index in [9.17, 15) is 13.2 Å². The first-order chi connectivity index (χ1) is 12.4. The second-order valence-electron chi connectivity index (χ2n) is 5.53. The van der Waals surface area contributed by atoms with E-state index in [-0.39, 0.29) is 22.3 Å². The minimum atomic E-state index is -3.79. The van der Waals surface area contributed by atoms with Gasteiger partial charge in [0.2, 0.25) is 5.95 Å². The molecule has 0 aliphatic rings. The van der Waals surface area contributed by atoms with Gasteiger partial charge in [-0.15, -0.1) is 0 Å². The van der Waals surface area contributed by atoms with Gasteiger partial charge in [-0.1, -0.05) is 35.9 Å². The molecule has 0 aliphatic carbocycles. The second kappa shape index (κ2) is 7.32. The highest BCUT2D eigenvalue weighted by molar-refractivity contribution is 7.92. The van der Waals surface area contributed by atoms with E-state index in [1.165, 1.54) is 24.5 Å². The van der Waals surface area contributed by atoms with Crippen molar-refractivity contribution in [2.24, 2.45) is 0 Å². The minimum Gasteiger partial charge on any atom is -0.322 e. The highest BCUT2D eigenvalue weighted by atomic mass is 32.2. The Labute approximate surface area is 151 Å². The van der Waals surface area contributed by atoms with Crippen molar-refractivity contribution in [1.29, 1.82) is 0 Å². The number of anilines is 2. The molecule has 0 bridgehead atoms. The molecule has 0 radical (unpaired) electrons. The van der Waals surface area contributed by atoms with Crippen LogP contribution in [0.15, 0.2) is 71.9 Å². The summed E-state index contributed by atoms with van der Waals surface area (Å²) in [5.74, 6) is -0.494. The number of carbonyl (C=O) groups excluding carboxylic acids is 1. The van der Waals surface area contributed by atoms with Crippen molar-refractivity contribution < 1.29 is 13.2 Å². The van der Waals surface area contributed by atoms with Gasteiger partial charge in [-0.3, -0.25) is 4.79 Å². The van der Waals surface area contributed by atoms with Gasteiger partial charge < -0.3 is 5.32 Å². The zero-order valence-corrected chi connectivity index (χ0v) is 14.7. The van der Waals surface area contributed by atoms with Crippen LogP contribution in [0.3, 0.4) is 0 Å². The number of rotatable bonds is 5. The zero-order valence-electron chi connectivity index (χ0n) is 13.9. The molecule has 2 aromatic carbocycles. The van der Waals surface area contributed by atoms with Crippen LogP contribution in [0, 0.1) is 6.92 Å². The molecule has 1 heterocycles. The molecule has 8 heteroatoms. The summed E-state index contributed by atoms with van der Waals surface area (Å²) in [6.07, 6.45) is 2.52. The van der Waals surface area contributed by atoms with Crippen LogP contribution in [0.25, 0.3) is 0 Å². The van der Waals surface area contributed by atoms with E-state index in [0.29, 0.717) is 5.69 Å². The molecule has 0 unspecified atom stereocenters. The lowest BCUT2D eigenvalue weighted by molar-refractivity contribution is 0.102. The Morgan fingerprint density at radius 2 is 1.54 bits per heavy atom. The normalized spacial score (nSPS) is 11.0. The zero-order chi connectivity index (χ0) is 18.6. The molecular formula is C18H16N4O3S. The maximum atomic E-state index is 12.3. The predicted molar refractivity (Wildman–Crippen MR) is 98.4 cm³/mol. The van der Waals surface area contributed by atoms with E-state index in [1.807, 2.05) is 13.0 Å². The van der Waals surface area contributed by atoms with Crippen LogP contribution in [0.4, 0.5) is 11.6 Å². The number of amides is 1. The standard InChI is InChI=1S/C18H16N4O3S/c1-13-7-9-16(10-8-13)26(24,25)22-18-19-11-14(12-20-18)17(23)21-15-5-3-2-4-6-15/h2-12H,1H3,(H,21,23)(H,19,20,22). The molecule has 132 valence electrons. The summed E-state index contributed by atoms with van der Waals surface area (Å²) >= 11 is 0. The van der Waals surface area contributed by atoms with Crippen LogP contribution in [-0.4, -0.2) is 24.3 Å². The number of nitrogens with one attached hydrogen (secondary N) is 2. The van der Waals surface area contributed by atoms with Crippen molar-refractivity contribution in [3.63, 3.8) is 0 Å². The monoisotopic (exact) mass is 368 g/mol. The van der Waals surface area contributed by atoms with Crippen molar-refractivity contribution >= 4 is 27.6 Å². The number of nitrogens with zero attached hydrogens (tertiary/aromatic N) is 2. The van der Waals surface area contributed by atoms with Crippen LogP contribution in [0.5, 0.6) is 0 Å². The number of benzene rings is 2. The Morgan fingerprint density at radius 1 is 0.923 bits per heavy atom. The highest BCUT2D eigenvalue weighted by Crippen LogP contribution is 2.14. The fourth-order valence-electron chi connectivity index (χ4n) is 2.12.